The molecule has 6 heteroatoms. The van der Waals surface area contributed by atoms with E-state index in [1.807, 2.05) is 0 Å². The van der Waals surface area contributed by atoms with Crippen molar-refractivity contribution in [1.82, 2.24) is 20.4 Å². The van der Waals surface area contributed by atoms with Gasteiger partial charge in [-0.2, -0.15) is 0 Å². The van der Waals surface area contributed by atoms with Crippen molar-refractivity contribution in [2.45, 2.75) is 39.5 Å². The quantitative estimate of drug-likeness (QED) is 0.537. The molecule has 2 rings (SSSR count). The van der Waals surface area contributed by atoms with Crippen LogP contribution in [0.5, 0.6) is 0 Å². The summed E-state index contributed by atoms with van der Waals surface area (Å²) in [6, 6.07) is 8.69. The predicted molar refractivity (Wildman–Crippen MR) is 113 cm³/mol. The minimum Gasteiger partial charge on any atom is -0.377 e. The minimum atomic E-state index is -0.226. The van der Waals surface area contributed by atoms with E-state index in [0.29, 0.717) is 6.54 Å². The second kappa shape index (κ2) is 10.6. The lowest BCUT2D eigenvalue weighted by Gasteiger charge is -2.34. The van der Waals surface area contributed by atoms with E-state index >= 15 is 0 Å². The lowest BCUT2D eigenvalue weighted by molar-refractivity contribution is 0.0268. The van der Waals surface area contributed by atoms with Gasteiger partial charge >= 0.3 is 0 Å². The molecule has 1 aromatic carbocycles. The van der Waals surface area contributed by atoms with Crippen molar-refractivity contribution in [1.29, 1.82) is 0 Å². The molecule has 2 N–H and O–H groups in total. The SMILES string of the molecule is CCN1CCN(Cc2ccccc2CNC(=NC)NCC(C)(C)OC)CC1. The Morgan fingerprint density at radius 1 is 1.07 bits per heavy atom. The first-order valence-electron chi connectivity index (χ1n) is 9.98. The number of nitrogens with zero attached hydrogens (tertiary/aromatic N) is 3. The molecule has 27 heavy (non-hydrogen) atoms. The Bertz CT molecular complexity index is 594. The molecule has 0 aromatic heterocycles. The molecule has 1 aromatic rings. The number of piperazine rings is 1. The van der Waals surface area contributed by atoms with Gasteiger partial charge in [-0.15, -0.1) is 0 Å². The Kier molecular flexibility index (Phi) is 8.54. The lowest BCUT2D eigenvalue weighted by Crippen LogP contribution is -2.46. The van der Waals surface area contributed by atoms with Crippen LogP contribution < -0.4 is 10.6 Å². The van der Waals surface area contributed by atoms with Crippen LogP contribution in [-0.2, 0) is 17.8 Å². The summed E-state index contributed by atoms with van der Waals surface area (Å²) in [5.74, 6) is 0.798. The van der Waals surface area contributed by atoms with Crippen LogP contribution in [0.4, 0.5) is 0 Å². The summed E-state index contributed by atoms with van der Waals surface area (Å²) in [7, 11) is 3.53. The largest absolute Gasteiger partial charge is 0.377 e. The second-order valence-electron chi connectivity index (χ2n) is 7.72. The van der Waals surface area contributed by atoms with Crippen LogP contribution in [0.2, 0.25) is 0 Å². The van der Waals surface area contributed by atoms with Gasteiger partial charge in [0.25, 0.3) is 0 Å². The van der Waals surface area contributed by atoms with Crippen molar-refractivity contribution in [2.75, 3.05) is 53.4 Å². The highest BCUT2D eigenvalue weighted by molar-refractivity contribution is 5.79. The number of nitrogens with one attached hydrogen (secondary N) is 2. The fraction of sp³-hybridized carbons (Fsp3) is 0.667. The number of hydrogen-bond donors (Lipinski definition) is 2. The van der Waals surface area contributed by atoms with Gasteiger partial charge in [0, 0.05) is 60.0 Å². The number of ether oxygens (including phenoxy) is 1. The molecule has 0 spiro atoms. The minimum absolute atomic E-state index is 0.226. The predicted octanol–water partition coefficient (Wildman–Crippen LogP) is 1.91. The first-order chi connectivity index (χ1) is 13.0. The summed E-state index contributed by atoms with van der Waals surface area (Å²) in [5, 5.41) is 6.77. The van der Waals surface area contributed by atoms with Crippen molar-refractivity contribution >= 4 is 5.96 Å². The van der Waals surface area contributed by atoms with Gasteiger partial charge in [-0.25, -0.2) is 0 Å². The molecule has 0 amide bonds. The summed E-state index contributed by atoms with van der Waals surface area (Å²) in [4.78, 5) is 9.40. The van der Waals surface area contributed by atoms with E-state index in [2.05, 4.69) is 70.5 Å². The fourth-order valence-electron chi connectivity index (χ4n) is 3.16. The van der Waals surface area contributed by atoms with Crippen LogP contribution in [0, 0.1) is 0 Å². The molecule has 0 saturated carbocycles. The summed E-state index contributed by atoms with van der Waals surface area (Å²) in [5.41, 5.74) is 2.49. The topological polar surface area (TPSA) is 52.1 Å². The van der Waals surface area contributed by atoms with Crippen LogP contribution in [0.15, 0.2) is 29.3 Å². The molecule has 152 valence electrons. The monoisotopic (exact) mass is 375 g/mol. The molecular formula is C21H37N5O. The molecule has 0 bridgehead atoms. The molecule has 1 aliphatic rings. The number of hydrogen-bond acceptors (Lipinski definition) is 4. The highest BCUT2D eigenvalue weighted by Crippen LogP contribution is 2.13. The van der Waals surface area contributed by atoms with Gasteiger partial charge in [0.1, 0.15) is 0 Å². The van der Waals surface area contributed by atoms with Crippen molar-refractivity contribution in [2.24, 2.45) is 4.99 Å². The second-order valence-corrected chi connectivity index (χ2v) is 7.72. The van der Waals surface area contributed by atoms with E-state index in [1.54, 1.807) is 14.2 Å². The van der Waals surface area contributed by atoms with Gasteiger partial charge in [-0.1, -0.05) is 31.2 Å². The maximum absolute atomic E-state index is 5.46. The van der Waals surface area contributed by atoms with Crippen molar-refractivity contribution in [3.63, 3.8) is 0 Å². The molecule has 1 aliphatic heterocycles. The maximum atomic E-state index is 5.46. The molecule has 0 aliphatic carbocycles. The average molecular weight is 376 g/mol. The first kappa shape index (κ1) is 21.7. The first-order valence-corrected chi connectivity index (χ1v) is 9.98. The summed E-state index contributed by atoms with van der Waals surface area (Å²) >= 11 is 0. The number of methoxy groups -OCH3 is 1. The van der Waals surface area contributed by atoms with Gasteiger partial charge < -0.3 is 20.3 Å². The smallest absolute Gasteiger partial charge is 0.191 e. The molecule has 6 nitrogen and oxygen atoms in total. The zero-order valence-electron chi connectivity index (χ0n) is 17.7. The van der Waals surface area contributed by atoms with Gasteiger partial charge in [-0.05, 0) is 31.5 Å². The Morgan fingerprint density at radius 3 is 2.30 bits per heavy atom. The van der Waals surface area contributed by atoms with E-state index in [9.17, 15) is 0 Å². The summed E-state index contributed by atoms with van der Waals surface area (Å²) in [6.45, 7) is 14.6. The molecule has 1 saturated heterocycles. The maximum Gasteiger partial charge on any atom is 0.191 e. The average Bonchev–Trinajstić information content (AvgIpc) is 2.69. The lowest BCUT2D eigenvalue weighted by atomic mass is 10.1. The normalized spacial score (nSPS) is 17.1. The number of likely N-dealkylation sites (N-methyl/N-ethyl adjacent to an activating group) is 1. The fourth-order valence-corrected chi connectivity index (χ4v) is 3.16. The number of guanidine groups is 1. The third-order valence-electron chi connectivity index (χ3n) is 5.33. The summed E-state index contributed by atoms with van der Waals surface area (Å²) in [6.07, 6.45) is 0. The highest BCUT2D eigenvalue weighted by Gasteiger charge is 2.18. The van der Waals surface area contributed by atoms with Gasteiger partial charge in [-0.3, -0.25) is 9.89 Å². The van der Waals surface area contributed by atoms with Crippen LogP contribution in [0.25, 0.3) is 0 Å². The van der Waals surface area contributed by atoms with E-state index in [4.69, 9.17) is 4.74 Å². The van der Waals surface area contributed by atoms with E-state index in [0.717, 1.165) is 38.7 Å². The van der Waals surface area contributed by atoms with E-state index in [1.165, 1.54) is 24.2 Å². The summed E-state index contributed by atoms with van der Waals surface area (Å²) < 4.78 is 5.46. The van der Waals surface area contributed by atoms with Crippen LogP contribution >= 0.6 is 0 Å². The Hall–Kier alpha value is -1.63. The molecule has 0 radical (unpaired) electrons. The zero-order valence-corrected chi connectivity index (χ0v) is 17.7. The number of rotatable bonds is 8. The molecule has 0 atom stereocenters. The number of benzene rings is 1. The number of aliphatic imine (C=N–C) groups is 1. The third-order valence-corrected chi connectivity index (χ3v) is 5.33. The van der Waals surface area contributed by atoms with Crippen LogP contribution in [0.1, 0.15) is 31.9 Å². The van der Waals surface area contributed by atoms with Gasteiger partial charge in [0.15, 0.2) is 5.96 Å². The molecule has 1 heterocycles. The van der Waals surface area contributed by atoms with E-state index < -0.39 is 0 Å². The van der Waals surface area contributed by atoms with Gasteiger partial charge in [0.05, 0.1) is 5.60 Å². The molecule has 0 unspecified atom stereocenters. The molecule has 1 fully saturated rings. The van der Waals surface area contributed by atoms with Crippen LogP contribution in [-0.4, -0.2) is 74.8 Å². The van der Waals surface area contributed by atoms with Gasteiger partial charge in [0.2, 0.25) is 0 Å². The Morgan fingerprint density at radius 2 is 1.70 bits per heavy atom. The van der Waals surface area contributed by atoms with Crippen molar-refractivity contribution in [3.05, 3.63) is 35.4 Å². The van der Waals surface area contributed by atoms with Crippen LogP contribution in [0.3, 0.4) is 0 Å². The van der Waals surface area contributed by atoms with E-state index in [-0.39, 0.29) is 5.60 Å². The Labute approximate surface area is 165 Å². The standard InChI is InChI=1S/C21H37N5O/c1-6-25-11-13-26(14-12-25)16-19-10-8-7-9-18(19)15-23-20(22-4)24-17-21(2,3)27-5/h7-10H,6,11-17H2,1-5H3,(H2,22,23,24). The van der Waals surface area contributed by atoms with Crippen molar-refractivity contribution < 1.29 is 4.74 Å². The van der Waals surface area contributed by atoms with Crippen molar-refractivity contribution in [3.8, 4) is 0 Å². The Balaban J connectivity index is 1.89. The third kappa shape index (κ3) is 7.13. The zero-order chi connectivity index (χ0) is 19.7. The molecular weight excluding hydrogens is 338 g/mol. The highest BCUT2D eigenvalue weighted by atomic mass is 16.5.